The van der Waals surface area contributed by atoms with Gasteiger partial charge in [-0.05, 0) is 32.0 Å². The molecule has 0 amide bonds. The highest BCUT2D eigenvalue weighted by Crippen LogP contribution is 2.31. The minimum atomic E-state index is 0.487. The van der Waals surface area contributed by atoms with Crippen LogP contribution in [-0.4, -0.2) is 27.4 Å². The Morgan fingerprint density at radius 2 is 2.39 bits per heavy atom. The predicted molar refractivity (Wildman–Crippen MR) is 72.3 cm³/mol. The van der Waals surface area contributed by atoms with Crippen molar-refractivity contribution in [3.8, 4) is 0 Å². The van der Waals surface area contributed by atoms with E-state index in [2.05, 4.69) is 34.7 Å². The van der Waals surface area contributed by atoms with Gasteiger partial charge >= 0.3 is 0 Å². The second-order valence-corrected chi connectivity index (χ2v) is 4.92. The molecule has 2 N–H and O–H groups in total. The molecule has 0 aliphatic carbocycles. The SMILES string of the molecule is CCN1CCCC1c1cn2cccc(CN)c2n1. The Hall–Kier alpha value is -1.39. The number of nitrogens with zero attached hydrogens (tertiary/aromatic N) is 3. The minimum absolute atomic E-state index is 0.487. The normalized spacial score (nSPS) is 20.9. The number of aromatic nitrogens is 2. The van der Waals surface area contributed by atoms with Crippen molar-refractivity contribution in [3.63, 3.8) is 0 Å². The Kier molecular flexibility index (Phi) is 3.06. The molecule has 1 saturated heterocycles. The quantitative estimate of drug-likeness (QED) is 0.897. The van der Waals surface area contributed by atoms with Crippen molar-refractivity contribution in [1.29, 1.82) is 0 Å². The molecule has 0 spiro atoms. The second kappa shape index (κ2) is 4.71. The number of rotatable bonds is 3. The molecule has 1 aliphatic heterocycles. The predicted octanol–water partition coefficient (Wildman–Crippen LogP) is 1.95. The lowest BCUT2D eigenvalue weighted by Gasteiger charge is -2.20. The molecular weight excluding hydrogens is 224 g/mol. The van der Waals surface area contributed by atoms with Gasteiger partial charge in [-0.1, -0.05) is 13.0 Å². The molecule has 1 atom stereocenters. The largest absolute Gasteiger partial charge is 0.326 e. The number of likely N-dealkylation sites (tertiary alicyclic amines) is 1. The first kappa shape index (κ1) is 11.7. The molecular formula is C14H20N4. The summed E-state index contributed by atoms with van der Waals surface area (Å²) in [5.74, 6) is 0. The molecule has 3 rings (SSSR count). The van der Waals surface area contributed by atoms with E-state index in [1.54, 1.807) is 0 Å². The summed E-state index contributed by atoms with van der Waals surface area (Å²) in [6.07, 6.45) is 6.70. The van der Waals surface area contributed by atoms with E-state index in [9.17, 15) is 0 Å². The van der Waals surface area contributed by atoms with Crippen LogP contribution in [0.1, 0.15) is 37.1 Å². The number of hydrogen-bond donors (Lipinski definition) is 1. The molecule has 2 aromatic rings. The van der Waals surface area contributed by atoms with Gasteiger partial charge < -0.3 is 10.1 Å². The van der Waals surface area contributed by atoms with E-state index < -0.39 is 0 Å². The third-order valence-electron chi connectivity index (χ3n) is 3.91. The maximum absolute atomic E-state index is 5.77. The topological polar surface area (TPSA) is 46.6 Å². The van der Waals surface area contributed by atoms with Crippen LogP contribution in [0.4, 0.5) is 0 Å². The lowest BCUT2D eigenvalue weighted by Crippen LogP contribution is -2.22. The van der Waals surface area contributed by atoms with E-state index >= 15 is 0 Å². The Labute approximate surface area is 107 Å². The summed E-state index contributed by atoms with van der Waals surface area (Å²) in [6.45, 7) is 5.06. The molecule has 4 heteroatoms. The van der Waals surface area contributed by atoms with Crippen molar-refractivity contribution in [2.45, 2.75) is 32.4 Å². The van der Waals surface area contributed by atoms with Crippen molar-refractivity contribution < 1.29 is 0 Å². The molecule has 1 aliphatic rings. The van der Waals surface area contributed by atoms with Crippen LogP contribution in [0.3, 0.4) is 0 Å². The van der Waals surface area contributed by atoms with Crippen molar-refractivity contribution in [2.24, 2.45) is 5.73 Å². The van der Waals surface area contributed by atoms with E-state index in [4.69, 9.17) is 10.7 Å². The van der Waals surface area contributed by atoms with Crippen LogP contribution < -0.4 is 5.73 Å². The molecule has 2 aromatic heterocycles. The van der Waals surface area contributed by atoms with Crippen molar-refractivity contribution in [1.82, 2.24) is 14.3 Å². The highest BCUT2D eigenvalue weighted by Gasteiger charge is 2.26. The highest BCUT2D eigenvalue weighted by atomic mass is 15.2. The standard InChI is InChI=1S/C14H20N4/c1-2-17-7-4-6-13(17)12-10-18-8-3-5-11(9-15)14(18)16-12/h3,5,8,10,13H,2,4,6-7,9,15H2,1H3. The minimum Gasteiger partial charge on any atom is -0.326 e. The van der Waals surface area contributed by atoms with Crippen molar-refractivity contribution >= 4 is 5.65 Å². The zero-order valence-electron chi connectivity index (χ0n) is 10.8. The molecule has 1 fully saturated rings. The fourth-order valence-corrected chi connectivity index (χ4v) is 2.95. The van der Waals surface area contributed by atoms with Gasteiger partial charge in [-0.3, -0.25) is 4.90 Å². The van der Waals surface area contributed by atoms with Gasteiger partial charge in [0.25, 0.3) is 0 Å². The van der Waals surface area contributed by atoms with E-state index in [0.29, 0.717) is 12.6 Å². The van der Waals surface area contributed by atoms with Crippen LogP contribution in [0, 0.1) is 0 Å². The first-order chi connectivity index (χ1) is 8.83. The van der Waals surface area contributed by atoms with Crippen LogP contribution in [0.25, 0.3) is 5.65 Å². The molecule has 0 aromatic carbocycles. The Morgan fingerprint density at radius 3 is 3.17 bits per heavy atom. The molecule has 0 saturated carbocycles. The van der Waals surface area contributed by atoms with Gasteiger partial charge in [-0.25, -0.2) is 4.98 Å². The van der Waals surface area contributed by atoms with Gasteiger partial charge in [0.05, 0.1) is 11.7 Å². The van der Waals surface area contributed by atoms with Crippen molar-refractivity contribution in [3.05, 3.63) is 35.8 Å². The number of pyridine rings is 1. The summed E-state index contributed by atoms with van der Waals surface area (Å²) in [5.41, 5.74) is 9.09. The summed E-state index contributed by atoms with van der Waals surface area (Å²) < 4.78 is 2.10. The number of nitrogens with two attached hydrogens (primary N) is 1. The van der Waals surface area contributed by atoms with Crippen LogP contribution in [0.15, 0.2) is 24.5 Å². The smallest absolute Gasteiger partial charge is 0.141 e. The van der Waals surface area contributed by atoms with Crippen LogP contribution in [0.5, 0.6) is 0 Å². The molecule has 0 bridgehead atoms. The van der Waals surface area contributed by atoms with Gasteiger partial charge in [-0.15, -0.1) is 0 Å². The molecule has 4 nitrogen and oxygen atoms in total. The lowest BCUT2D eigenvalue weighted by atomic mass is 10.1. The summed E-state index contributed by atoms with van der Waals surface area (Å²) >= 11 is 0. The summed E-state index contributed by atoms with van der Waals surface area (Å²) in [4.78, 5) is 7.31. The molecule has 18 heavy (non-hydrogen) atoms. The molecule has 3 heterocycles. The summed E-state index contributed by atoms with van der Waals surface area (Å²) in [5, 5.41) is 0. The van der Waals surface area contributed by atoms with E-state index in [1.807, 2.05) is 6.07 Å². The van der Waals surface area contributed by atoms with Crippen molar-refractivity contribution in [2.75, 3.05) is 13.1 Å². The maximum atomic E-state index is 5.77. The van der Waals surface area contributed by atoms with Crippen LogP contribution in [0.2, 0.25) is 0 Å². The van der Waals surface area contributed by atoms with Gasteiger partial charge in [0.1, 0.15) is 5.65 Å². The lowest BCUT2D eigenvalue weighted by molar-refractivity contribution is 0.268. The molecule has 96 valence electrons. The third kappa shape index (κ3) is 1.82. The number of imidazole rings is 1. The van der Waals surface area contributed by atoms with E-state index in [1.165, 1.54) is 25.1 Å². The zero-order chi connectivity index (χ0) is 12.5. The molecule has 1 unspecified atom stereocenters. The second-order valence-electron chi connectivity index (χ2n) is 4.92. The Bertz CT molecular complexity index is 546. The highest BCUT2D eigenvalue weighted by molar-refractivity contribution is 5.49. The third-order valence-corrected chi connectivity index (χ3v) is 3.91. The van der Waals surface area contributed by atoms with Crippen LogP contribution >= 0.6 is 0 Å². The Morgan fingerprint density at radius 1 is 1.50 bits per heavy atom. The monoisotopic (exact) mass is 244 g/mol. The van der Waals surface area contributed by atoms with Gasteiger partial charge in [-0.2, -0.15) is 0 Å². The average molecular weight is 244 g/mol. The first-order valence-corrected chi connectivity index (χ1v) is 6.74. The van der Waals surface area contributed by atoms with Gasteiger partial charge in [0.2, 0.25) is 0 Å². The summed E-state index contributed by atoms with van der Waals surface area (Å²) in [7, 11) is 0. The number of fused-ring (bicyclic) bond motifs is 1. The fraction of sp³-hybridized carbons (Fsp3) is 0.500. The average Bonchev–Trinajstić information content (AvgIpc) is 3.03. The fourth-order valence-electron chi connectivity index (χ4n) is 2.95. The number of hydrogen-bond acceptors (Lipinski definition) is 3. The Balaban J connectivity index is 2.03. The molecule has 0 radical (unpaired) electrons. The first-order valence-electron chi connectivity index (χ1n) is 6.74. The van der Waals surface area contributed by atoms with Gasteiger partial charge in [0, 0.05) is 24.5 Å². The maximum Gasteiger partial charge on any atom is 0.141 e. The summed E-state index contributed by atoms with van der Waals surface area (Å²) in [6, 6.07) is 4.58. The van der Waals surface area contributed by atoms with Crippen LogP contribution in [-0.2, 0) is 6.54 Å². The van der Waals surface area contributed by atoms with E-state index in [-0.39, 0.29) is 0 Å². The van der Waals surface area contributed by atoms with Gasteiger partial charge in [0.15, 0.2) is 0 Å². The van der Waals surface area contributed by atoms with E-state index in [0.717, 1.165) is 17.8 Å². The zero-order valence-corrected chi connectivity index (χ0v) is 10.8.